The SMILES string of the molecule is C[C@H](OC(=O)C12C[C@@H]3C[C@H](CC(Br)(C3)C1)C2)C(=O)NC1CC1. The van der Waals surface area contributed by atoms with E-state index in [0.717, 1.165) is 32.1 Å². The highest BCUT2D eigenvalue weighted by atomic mass is 79.9. The number of ether oxygens (including phenoxy) is 1. The molecule has 0 aromatic carbocycles. The lowest BCUT2D eigenvalue weighted by atomic mass is 9.49. The van der Waals surface area contributed by atoms with Crippen molar-refractivity contribution in [3.05, 3.63) is 0 Å². The van der Waals surface area contributed by atoms with E-state index >= 15 is 0 Å². The number of halogens is 1. The van der Waals surface area contributed by atoms with E-state index in [1.54, 1.807) is 6.92 Å². The molecule has 0 heterocycles. The third-order valence-electron chi connectivity index (χ3n) is 6.00. The van der Waals surface area contributed by atoms with Crippen molar-refractivity contribution in [1.29, 1.82) is 0 Å². The summed E-state index contributed by atoms with van der Waals surface area (Å²) in [5, 5.41) is 2.91. The number of nitrogens with one attached hydrogen (secondary N) is 1. The van der Waals surface area contributed by atoms with Crippen LogP contribution in [0.25, 0.3) is 0 Å². The first-order valence-corrected chi connectivity index (χ1v) is 9.37. The van der Waals surface area contributed by atoms with E-state index in [4.69, 9.17) is 4.74 Å². The van der Waals surface area contributed by atoms with Crippen LogP contribution in [0.2, 0.25) is 0 Å². The van der Waals surface area contributed by atoms with Crippen LogP contribution >= 0.6 is 15.9 Å². The van der Waals surface area contributed by atoms with Gasteiger partial charge in [-0.2, -0.15) is 0 Å². The number of hydrogen-bond donors (Lipinski definition) is 1. The molecule has 1 amide bonds. The molecular formula is C17H24BrNO3. The molecule has 122 valence electrons. The predicted molar refractivity (Wildman–Crippen MR) is 85.5 cm³/mol. The topological polar surface area (TPSA) is 55.4 Å². The fourth-order valence-electron chi connectivity index (χ4n) is 5.27. The molecule has 5 rings (SSSR count). The van der Waals surface area contributed by atoms with E-state index in [9.17, 15) is 9.59 Å². The molecular weight excluding hydrogens is 346 g/mol. The van der Waals surface area contributed by atoms with Gasteiger partial charge in [-0.25, -0.2) is 0 Å². The summed E-state index contributed by atoms with van der Waals surface area (Å²) in [5.74, 6) is 1.01. The zero-order valence-electron chi connectivity index (χ0n) is 13.1. The molecule has 0 aromatic heterocycles. The number of esters is 1. The van der Waals surface area contributed by atoms with E-state index in [1.165, 1.54) is 19.3 Å². The van der Waals surface area contributed by atoms with Gasteiger partial charge in [0.05, 0.1) is 5.41 Å². The Balaban J connectivity index is 1.44. The standard InChI is InChI=1S/C17H24BrNO3/c1-10(14(20)19-13-2-3-13)22-15(21)16-5-11-4-12(6-16)8-17(18,7-11)9-16/h10-13H,2-9H2,1H3,(H,19,20)/t10-,11-,12-,16?,17?/m0/s1. The molecule has 0 saturated heterocycles. The third-order valence-corrected chi connectivity index (χ3v) is 6.93. The van der Waals surface area contributed by atoms with Gasteiger partial charge in [-0.15, -0.1) is 0 Å². The van der Waals surface area contributed by atoms with Gasteiger partial charge in [-0.05, 0) is 70.1 Å². The van der Waals surface area contributed by atoms with Crippen LogP contribution in [0.1, 0.15) is 58.3 Å². The molecule has 5 aliphatic rings. The van der Waals surface area contributed by atoms with Gasteiger partial charge in [0.2, 0.25) is 0 Å². The molecule has 0 aliphatic heterocycles. The Morgan fingerprint density at radius 1 is 1.18 bits per heavy atom. The average molecular weight is 370 g/mol. The van der Waals surface area contributed by atoms with E-state index < -0.39 is 6.10 Å². The van der Waals surface area contributed by atoms with Crippen LogP contribution < -0.4 is 5.32 Å². The van der Waals surface area contributed by atoms with Gasteiger partial charge in [0.15, 0.2) is 6.10 Å². The molecule has 4 bridgehead atoms. The Hall–Kier alpha value is -0.580. The number of amides is 1. The lowest BCUT2D eigenvalue weighted by Gasteiger charge is -2.58. The zero-order chi connectivity index (χ0) is 15.5. The Labute approximate surface area is 139 Å². The van der Waals surface area contributed by atoms with Gasteiger partial charge in [-0.1, -0.05) is 15.9 Å². The summed E-state index contributed by atoms with van der Waals surface area (Å²) in [6.07, 6.45) is 7.85. The molecule has 0 radical (unpaired) electrons. The van der Waals surface area contributed by atoms with Crippen molar-refractivity contribution in [3.8, 4) is 0 Å². The largest absolute Gasteiger partial charge is 0.452 e. The Bertz CT molecular complexity index is 502. The average Bonchev–Trinajstić information content (AvgIpc) is 3.19. The third kappa shape index (κ3) is 2.59. The van der Waals surface area contributed by atoms with Crippen LogP contribution in [0.3, 0.4) is 0 Å². The monoisotopic (exact) mass is 369 g/mol. The van der Waals surface area contributed by atoms with Gasteiger partial charge in [0.25, 0.3) is 5.91 Å². The van der Waals surface area contributed by atoms with Crippen LogP contribution in [-0.2, 0) is 14.3 Å². The lowest BCUT2D eigenvalue weighted by molar-refractivity contribution is -0.176. The zero-order valence-corrected chi connectivity index (χ0v) is 14.7. The highest BCUT2D eigenvalue weighted by molar-refractivity contribution is 9.10. The van der Waals surface area contributed by atoms with Crippen molar-refractivity contribution in [2.24, 2.45) is 17.3 Å². The second-order valence-electron chi connectivity index (χ2n) is 8.22. The molecule has 0 aromatic rings. The molecule has 5 fully saturated rings. The molecule has 5 heteroatoms. The lowest BCUT2D eigenvalue weighted by Crippen LogP contribution is -2.56. The van der Waals surface area contributed by atoms with Crippen molar-refractivity contribution in [1.82, 2.24) is 5.32 Å². The van der Waals surface area contributed by atoms with Gasteiger partial charge in [-0.3, -0.25) is 9.59 Å². The maximum atomic E-state index is 12.8. The number of carbonyl (C=O) groups excluding carboxylic acids is 2. The summed E-state index contributed by atoms with van der Waals surface area (Å²) in [5.41, 5.74) is -0.346. The highest BCUT2D eigenvalue weighted by Crippen LogP contribution is 2.64. The van der Waals surface area contributed by atoms with Crippen molar-refractivity contribution < 1.29 is 14.3 Å². The molecule has 4 nitrogen and oxygen atoms in total. The van der Waals surface area contributed by atoms with Gasteiger partial charge in [0, 0.05) is 10.4 Å². The van der Waals surface area contributed by atoms with E-state index in [2.05, 4.69) is 21.2 Å². The molecule has 0 spiro atoms. The van der Waals surface area contributed by atoms with E-state index in [0.29, 0.717) is 17.9 Å². The van der Waals surface area contributed by atoms with Gasteiger partial charge >= 0.3 is 5.97 Å². The van der Waals surface area contributed by atoms with Crippen LogP contribution in [0.5, 0.6) is 0 Å². The van der Waals surface area contributed by atoms with Crippen molar-refractivity contribution in [2.45, 2.75) is 74.8 Å². The van der Waals surface area contributed by atoms with Crippen molar-refractivity contribution in [2.75, 3.05) is 0 Å². The van der Waals surface area contributed by atoms with Crippen molar-refractivity contribution >= 4 is 27.8 Å². The van der Waals surface area contributed by atoms with E-state index in [-0.39, 0.29) is 21.6 Å². The predicted octanol–water partition coefficient (Wildman–Crippen LogP) is 2.93. The smallest absolute Gasteiger partial charge is 0.312 e. The molecule has 3 atom stereocenters. The minimum atomic E-state index is -0.674. The van der Waals surface area contributed by atoms with E-state index in [1.807, 2.05) is 0 Å². The quantitative estimate of drug-likeness (QED) is 0.612. The van der Waals surface area contributed by atoms with Gasteiger partial charge < -0.3 is 10.1 Å². The van der Waals surface area contributed by atoms with Crippen LogP contribution in [0.15, 0.2) is 0 Å². The Kier molecular flexibility index (Phi) is 3.37. The van der Waals surface area contributed by atoms with Crippen LogP contribution in [0.4, 0.5) is 0 Å². The number of carbonyl (C=O) groups is 2. The number of rotatable bonds is 4. The van der Waals surface area contributed by atoms with Crippen LogP contribution in [0, 0.1) is 17.3 Å². The normalized spacial score (nSPS) is 43.7. The maximum Gasteiger partial charge on any atom is 0.312 e. The maximum absolute atomic E-state index is 12.8. The van der Waals surface area contributed by atoms with Crippen molar-refractivity contribution in [3.63, 3.8) is 0 Å². The second-order valence-corrected chi connectivity index (χ2v) is 9.90. The molecule has 1 N–H and O–H groups in total. The van der Waals surface area contributed by atoms with Crippen LogP contribution in [-0.4, -0.2) is 28.3 Å². The first-order chi connectivity index (χ1) is 10.4. The fraction of sp³-hybridized carbons (Fsp3) is 0.882. The number of hydrogen-bond acceptors (Lipinski definition) is 3. The van der Waals surface area contributed by atoms with Gasteiger partial charge in [0.1, 0.15) is 0 Å². The molecule has 5 saturated carbocycles. The molecule has 0 unspecified atom stereocenters. The summed E-state index contributed by atoms with van der Waals surface area (Å²) < 4.78 is 5.73. The first-order valence-electron chi connectivity index (χ1n) is 8.58. The fourth-order valence-corrected chi connectivity index (χ4v) is 6.73. The summed E-state index contributed by atoms with van der Waals surface area (Å²) in [7, 11) is 0. The summed E-state index contributed by atoms with van der Waals surface area (Å²) in [6, 6.07) is 0.305. The Morgan fingerprint density at radius 2 is 1.82 bits per heavy atom. The summed E-state index contributed by atoms with van der Waals surface area (Å²) in [4.78, 5) is 24.9. The molecule has 22 heavy (non-hydrogen) atoms. The highest BCUT2D eigenvalue weighted by Gasteiger charge is 2.60. The number of alkyl halides is 1. The Morgan fingerprint density at radius 3 is 2.36 bits per heavy atom. The minimum Gasteiger partial charge on any atom is -0.452 e. The second kappa shape index (κ2) is 4.96. The minimum absolute atomic E-state index is 0.135. The summed E-state index contributed by atoms with van der Waals surface area (Å²) >= 11 is 3.91. The summed E-state index contributed by atoms with van der Waals surface area (Å²) in [6.45, 7) is 1.69. The first kappa shape index (κ1) is 15.0. The molecule has 5 aliphatic carbocycles.